The topological polar surface area (TPSA) is 69.8 Å². The average Bonchev–Trinajstić information content (AvgIpc) is 3.00. The van der Waals surface area contributed by atoms with Gasteiger partial charge in [0.2, 0.25) is 0 Å². The fourth-order valence-electron chi connectivity index (χ4n) is 2.37. The van der Waals surface area contributed by atoms with Gasteiger partial charge in [-0.2, -0.15) is 0 Å². The van der Waals surface area contributed by atoms with Crippen molar-refractivity contribution in [1.29, 1.82) is 0 Å². The Kier molecular flexibility index (Phi) is 3.35. The van der Waals surface area contributed by atoms with Crippen molar-refractivity contribution in [2.45, 2.75) is 26.5 Å². The zero-order valence-electron chi connectivity index (χ0n) is 11.3. The van der Waals surface area contributed by atoms with E-state index in [0.29, 0.717) is 0 Å². The zero-order valence-corrected chi connectivity index (χ0v) is 11.3. The van der Waals surface area contributed by atoms with E-state index in [0.717, 1.165) is 49.1 Å². The maximum atomic E-state index is 5.79. The molecule has 3 rings (SSSR count). The van der Waals surface area contributed by atoms with Gasteiger partial charge in [-0.05, 0) is 13.8 Å². The minimum absolute atomic E-state index is 0.0293. The number of aromatic nitrogens is 4. The second-order valence-corrected chi connectivity index (χ2v) is 5.02. The van der Waals surface area contributed by atoms with Crippen molar-refractivity contribution in [1.82, 2.24) is 24.8 Å². The third-order valence-electron chi connectivity index (χ3n) is 3.49. The highest BCUT2D eigenvalue weighted by Gasteiger charge is 2.24. The molecule has 2 N–H and O–H groups in total. The summed E-state index contributed by atoms with van der Waals surface area (Å²) in [5.41, 5.74) is 3.31. The van der Waals surface area contributed by atoms with Gasteiger partial charge < -0.3 is 14.7 Å². The summed E-state index contributed by atoms with van der Waals surface area (Å²) in [6.07, 6.45) is 3.62. The largest absolute Gasteiger partial charge is 0.368 e. The molecule has 0 spiro atoms. The van der Waals surface area contributed by atoms with Gasteiger partial charge in [0.15, 0.2) is 0 Å². The first kappa shape index (κ1) is 12.4. The molecular formula is C13H19N5O. The predicted molar refractivity (Wildman–Crippen MR) is 70.6 cm³/mol. The Labute approximate surface area is 112 Å². The Morgan fingerprint density at radius 3 is 3.00 bits per heavy atom. The number of rotatable bonds is 3. The molecule has 0 saturated carbocycles. The zero-order chi connectivity index (χ0) is 13.2. The smallest absolute Gasteiger partial charge is 0.136 e. The van der Waals surface area contributed by atoms with Crippen molar-refractivity contribution in [3.05, 3.63) is 35.4 Å². The summed E-state index contributed by atoms with van der Waals surface area (Å²) in [6, 6.07) is 0. The fourth-order valence-corrected chi connectivity index (χ4v) is 2.37. The number of morpholine rings is 1. The Morgan fingerprint density at radius 2 is 2.32 bits per heavy atom. The molecule has 1 aliphatic rings. The standard InChI is InChI=1S/C13H19N5O/c1-9-5-14-13(17-9)12-7-18(3-4-19-12)6-11-10(2)15-8-16-11/h5,8,12H,3-4,6-7H2,1-2H3,(H,14,17)(H,15,16). The van der Waals surface area contributed by atoms with Crippen LogP contribution in [-0.4, -0.2) is 44.5 Å². The highest BCUT2D eigenvalue weighted by atomic mass is 16.5. The summed E-state index contributed by atoms with van der Waals surface area (Å²) in [5.74, 6) is 0.918. The van der Waals surface area contributed by atoms with Crippen LogP contribution in [0.25, 0.3) is 0 Å². The first-order valence-corrected chi connectivity index (χ1v) is 6.56. The minimum Gasteiger partial charge on any atom is -0.368 e. The number of ether oxygens (including phenoxy) is 1. The number of hydrogen-bond acceptors (Lipinski definition) is 4. The fraction of sp³-hybridized carbons (Fsp3) is 0.538. The van der Waals surface area contributed by atoms with Gasteiger partial charge in [0, 0.05) is 37.2 Å². The third kappa shape index (κ3) is 2.69. The highest BCUT2D eigenvalue weighted by molar-refractivity contribution is 5.09. The monoisotopic (exact) mass is 261 g/mol. The van der Waals surface area contributed by atoms with Gasteiger partial charge in [0.25, 0.3) is 0 Å². The molecule has 0 aliphatic carbocycles. The molecule has 0 aromatic carbocycles. The van der Waals surface area contributed by atoms with Crippen LogP contribution in [0.5, 0.6) is 0 Å². The molecule has 0 bridgehead atoms. The molecule has 102 valence electrons. The van der Waals surface area contributed by atoms with Gasteiger partial charge in [0.1, 0.15) is 11.9 Å². The quantitative estimate of drug-likeness (QED) is 0.874. The van der Waals surface area contributed by atoms with Gasteiger partial charge in [0.05, 0.1) is 18.6 Å². The lowest BCUT2D eigenvalue weighted by atomic mass is 10.2. The van der Waals surface area contributed by atoms with E-state index in [2.05, 4.69) is 31.8 Å². The maximum Gasteiger partial charge on any atom is 0.136 e. The van der Waals surface area contributed by atoms with Crippen molar-refractivity contribution in [2.24, 2.45) is 0 Å². The molecule has 1 saturated heterocycles. The van der Waals surface area contributed by atoms with Crippen molar-refractivity contribution in [3.8, 4) is 0 Å². The van der Waals surface area contributed by atoms with Crippen LogP contribution in [0.15, 0.2) is 12.5 Å². The summed E-state index contributed by atoms with van der Waals surface area (Å²) in [6.45, 7) is 7.42. The van der Waals surface area contributed by atoms with E-state index >= 15 is 0 Å². The van der Waals surface area contributed by atoms with Crippen LogP contribution in [0.1, 0.15) is 29.0 Å². The second kappa shape index (κ2) is 5.14. The van der Waals surface area contributed by atoms with E-state index in [1.165, 1.54) is 0 Å². The van der Waals surface area contributed by atoms with Gasteiger partial charge >= 0.3 is 0 Å². The van der Waals surface area contributed by atoms with Crippen molar-refractivity contribution in [2.75, 3.05) is 19.7 Å². The van der Waals surface area contributed by atoms with Crippen LogP contribution in [0.2, 0.25) is 0 Å². The second-order valence-electron chi connectivity index (χ2n) is 5.02. The van der Waals surface area contributed by atoms with Crippen molar-refractivity contribution in [3.63, 3.8) is 0 Å². The molecule has 1 atom stereocenters. The predicted octanol–water partition coefficient (Wildman–Crippen LogP) is 1.32. The number of imidazole rings is 2. The molecule has 1 aliphatic heterocycles. The summed E-state index contributed by atoms with van der Waals surface area (Å²) in [7, 11) is 0. The Morgan fingerprint density at radius 1 is 1.42 bits per heavy atom. The molecule has 6 heteroatoms. The SMILES string of the molecule is Cc1cnc(C2CN(Cc3nc[nH]c3C)CCO2)[nH]1. The lowest BCUT2D eigenvalue weighted by molar-refractivity contribution is -0.0372. The lowest BCUT2D eigenvalue weighted by Crippen LogP contribution is -2.38. The van der Waals surface area contributed by atoms with Crippen molar-refractivity contribution < 1.29 is 4.74 Å². The molecule has 2 aromatic rings. The Hall–Kier alpha value is -1.66. The Balaban J connectivity index is 1.66. The number of aryl methyl sites for hydroxylation is 2. The number of hydrogen-bond donors (Lipinski definition) is 2. The molecule has 19 heavy (non-hydrogen) atoms. The molecule has 1 unspecified atom stereocenters. The molecular weight excluding hydrogens is 242 g/mol. The lowest BCUT2D eigenvalue weighted by Gasteiger charge is -2.31. The number of nitrogens with one attached hydrogen (secondary N) is 2. The van der Waals surface area contributed by atoms with Crippen LogP contribution >= 0.6 is 0 Å². The summed E-state index contributed by atoms with van der Waals surface area (Å²) in [5, 5.41) is 0. The van der Waals surface area contributed by atoms with Crippen LogP contribution < -0.4 is 0 Å². The van der Waals surface area contributed by atoms with Gasteiger partial charge in [-0.3, -0.25) is 4.90 Å². The molecule has 1 fully saturated rings. The Bertz CT molecular complexity index is 547. The van der Waals surface area contributed by atoms with Crippen molar-refractivity contribution >= 4 is 0 Å². The molecule has 0 amide bonds. The van der Waals surface area contributed by atoms with Gasteiger partial charge in [-0.1, -0.05) is 0 Å². The molecule has 0 radical (unpaired) electrons. The maximum absolute atomic E-state index is 5.79. The van der Waals surface area contributed by atoms with Gasteiger partial charge in [-0.25, -0.2) is 9.97 Å². The van der Waals surface area contributed by atoms with Gasteiger partial charge in [-0.15, -0.1) is 0 Å². The van der Waals surface area contributed by atoms with E-state index < -0.39 is 0 Å². The number of aromatic amines is 2. The van der Waals surface area contributed by atoms with Crippen LogP contribution in [-0.2, 0) is 11.3 Å². The van der Waals surface area contributed by atoms with E-state index in [1.54, 1.807) is 6.33 Å². The number of nitrogens with zero attached hydrogens (tertiary/aromatic N) is 3. The first-order chi connectivity index (χ1) is 9.22. The number of H-pyrrole nitrogens is 2. The van der Waals surface area contributed by atoms with E-state index in [9.17, 15) is 0 Å². The molecule has 3 heterocycles. The summed E-state index contributed by atoms with van der Waals surface area (Å²) >= 11 is 0. The van der Waals surface area contributed by atoms with E-state index in [4.69, 9.17) is 4.74 Å². The highest BCUT2D eigenvalue weighted by Crippen LogP contribution is 2.21. The average molecular weight is 261 g/mol. The van der Waals surface area contributed by atoms with E-state index in [1.807, 2.05) is 13.1 Å². The van der Waals surface area contributed by atoms with E-state index in [-0.39, 0.29) is 6.10 Å². The van der Waals surface area contributed by atoms with Crippen LogP contribution in [0.4, 0.5) is 0 Å². The summed E-state index contributed by atoms with van der Waals surface area (Å²) < 4.78 is 5.79. The minimum atomic E-state index is 0.0293. The third-order valence-corrected chi connectivity index (χ3v) is 3.49. The normalized spacial score (nSPS) is 20.8. The first-order valence-electron chi connectivity index (χ1n) is 6.56. The summed E-state index contributed by atoms with van der Waals surface area (Å²) in [4.78, 5) is 17.4. The molecule has 6 nitrogen and oxygen atoms in total. The molecule has 2 aromatic heterocycles. The van der Waals surface area contributed by atoms with Crippen LogP contribution in [0.3, 0.4) is 0 Å². The van der Waals surface area contributed by atoms with Crippen LogP contribution in [0, 0.1) is 13.8 Å².